The van der Waals surface area contributed by atoms with Crippen molar-refractivity contribution in [3.05, 3.63) is 44.6 Å². The maximum absolute atomic E-state index is 12.8. The van der Waals surface area contributed by atoms with Gasteiger partial charge in [0.2, 0.25) is 5.78 Å². The van der Waals surface area contributed by atoms with Crippen molar-refractivity contribution >= 4 is 79.3 Å². The van der Waals surface area contributed by atoms with Gasteiger partial charge in [-0.05, 0) is 86.3 Å². The number of hydrogen-bond donors (Lipinski definition) is 3. The van der Waals surface area contributed by atoms with Crippen molar-refractivity contribution in [1.82, 2.24) is 0 Å². The van der Waals surface area contributed by atoms with Gasteiger partial charge in [-0.3, -0.25) is 9.59 Å². The summed E-state index contributed by atoms with van der Waals surface area (Å²) in [6.45, 7) is 1.73. The molecule has 1 aliphatic rings. The minimum absolute atomic E-state index is 0.0291. The summed E-state index contributed by atoms with van der Waals surface area (Å²) in [5.41, 5.74) is 0.434. The number of ketones is 2. The van der Waals surface area contributed by atoms with Crippen molar-refractivity contribution in [2.45, 2.75) is 6.92 Å². The van der Waals surface area contributed by atoms with Crippen LogP contribution in [0.5, 0.6) is 17.2 Å². The summed E-state index contributed by atoms with van der Waals surface area (Å²) in [7, 11) is 0. The van der Waals surface area contributed by atoms with E-state index in [0.29, 0.717) is 9.13 Å². The number of hydrogen-bond acceptors (Lipinski definition) is 5. The Balaban J connectivity index is 2.48. The van der Waals surface area contributed by atoms with E-state index in [1.54, 1.807) is 58.2 Å². The van der Waals surface area contributed by atoms with Gasteiger partial charge in [0.05, 0.1) is 27.4 Å². The highest BCUT2D eigenvalue weighted by atomic mass is 127. The van der Waals surface area contributed by atoms with Crippen LogP contribution in [0.25, 0.3) is 0 Å². The van der Waals surface area contributed by atoms with E-state index in [0.717, 1.165) is 0 Å². The molecule has 0 unspecified atom stereocenters. The fraction of sp³-hybridized carbons (Fsp3) is 0.0667. The number of carbonyl (C=O) groups excluding carboxylic acids is 2. The van der Waals surface area contributed by atoms with Gasteiger partial charge < -0.3 is 15.3 Å². The standard InChI is InChI=1S/C15H7I3O5/c1-3-2-4-5(13(21)8(3)16)12(20)7-6(11(4)19)9(17)15(23)10(18)14(7)22/h2,21-23H,1H3. The van der Waals surface area contributed by atoms with Crippen molar-refractivity contribution < 1.29 is 24.9 Å². The van der Waals surface area contributed by atoms with Gasteiger partial charge in [-0.25, -0.2) is 0 Å². The smallest absolute Gasteiger partial charge is 0.202 e. The first-order valence-corrected chi connectivity index (χ1v) is 9.46. The van der Waals surface area contributed by atoms with E-state index in [1.807, 2.05) is 22.6 Å². The first-order chi connectivity index (χ1) is 10.7. The van der Waals surface area contributed by atoms with Crippen LogP contribution in [0.2, 0.25) is 0 Å². The third kappa shape index (κ3) is 2.27. The third-order valence-electron chi connectivity index (χ3n) is 3.68. The molecule has 0 saturated heterocycles. The zero-order valence-electron chi connectivity index (χ0n) is 11.4. The molecule has 2 aromatic carbocycles. The molecule has 0 bridgehead atoms. The van der Waals surface area contributed by atoms with E-state index in [9.17, 15) is 24.9 Å². The number of aryl methyl sites for hydroxylation is 1. The fourth-order valence-corrected chi connectivity index (χ4v) is 4.81. The highest BCUT2D eigenvalue weighted by Crippen LogP contribution is 2.46. The van der Waals surface area contributed by atoms with Crippen LogP contribution >= 0.6 is 67.8 Å². The van der Waals surface area contributed by atoms with Gasteiger partial charge in [0.25, 0.3) is 0 Å². The van der Waals surface area contributed by atoms with Crippen LogP contribution in [0.1, 0.15) is 37.4 Å². The first kappa shape index (κ1) is 17.2. The summed E-state index contributed by atoms with van der Waals surface area (Å²) >= 11 is 5.38. The van der Waals surface area contributed by atoms with Crippen molar-refractivity contribution in [3.63, 3.8) is 0 Å². The van der Waals surface area contributed by atoms with Crippen LogP contribution in [0.4, 0.5) is 0 Å². The van der Waals surface area contributed by atoms with E-state index in [-0.39, 0.29) is 40.9 Å². The molecule has 118 valence electrons. The molecule has 0 saturated carbocycles. The molecule has 0 heterocycles. The molecular formula is C15H7I3O5. The van der Waals surface area contributed by atoms with Crippen LogP contribution < -0.4 is 0 Å². The molecule has 2 aromatic rings. The SMILES string of the molecule is Cc1cc2c(c(O)c1I)C(=O)c1c(O)c(I)c(O)c(I)c1C2=O. The number of phenols is 3. The normalized spacial score (nSPS) is 13.0. The molecule has 0 aliphatic heterocycles. The van der Waals surface area contributed by atoms with Crippen molar-refractivity contribution in [3.8, 4) is 17.2 Å². The summed E-state index contributed by atoms with van der Waals surface area (Å²) in [5, 5.41) is 30.6. The summed E-state index contributed by atoms with van der Waals surface area (Å²) < 4.78 is 0.782. The second-order valence-corrected chi connectivity index (χ2v) is 8.25. The lowest BCUT2D eigenvalue weighted by atomic mass is 9.82. The highest BCUT2D eigenvalue weighted by Gasteiger charge is 2.39. The molecule has 0 aromatic heterocycles. The number of halogens is 3. The molecule has 1 aliphatic carbocycles. The average molecular weight is 648 g/mol. The van der Waals surface area contributed by atoms with E-state index in [1.165, 1.54) is 0 Å². The van der Waals surface area contributed by atoms with Crippen LogP contribution in [0.3, 0.4) is 0 Å². The van der Waals surface area contributed by atoms with Gasteiger partial charge in [0, 0.05) is 5.56 Å². The Hall–Kier alpha value is -0.630. The third-order valence-corrected chi connectivity index (χ3v) is 7.11. The predicted molar refractivity (Wildman–Crippen MR) is 108 cm³/mol. The Bertz CT molecular complexity index is 934. The maximum atomic E-state index is 12.8. The molecule has 0 fully saturated rings. The molecule has 8 heteroatoms. The average Bonchev–Trinajstić information content (AvgIpc) is 2.51. The maximum Gasteiger partial charge on any atom is 0.202 e. The summed E-state index contributed by atoms with van der Waals surface area (Å²) in [4.78, 5) is 25.6. The van der Waals surface area contributed by atoms with Crippen LogP contribution in [-0.4, -0.2) is 26.9 Å². The summed E-state index contributed by atoms with van der Waals surface area (Å²) in [6.07, 6.45) is 0. The fourth-order valence-electron chi connectivity index (χ4n) is 2.54. The molecule has 0 amide bonds. The van der Waals surface area contributed by atoms with Gasteiger partial charge in [0.15, 0.2) is 5.78 Å². The number of phenolic OH excluding ortho intramolecular Hbond substituents is 3. The quantitative estimate of drug-likeness (QED) is 0.324. The second kappa shape index (κ2) is 5.72. The number of benzene rings is 2. The molecule has 0 atom stereocenters. The monoisotopic (exact) mass is 648 g/mol. The van der Waals surface area contributed by atoms with Crippen molar-refractivity contribution in [2.24, 2.45) is 0 Å². The van der Waals surface area contributed by atoms with Crippen LogP contribution in [0.15, 0.2) is 6.07 Å². The van der Waals surface area contributed by atoms with E-state index in [2.05, 4.69) is 0 Å². The lowest BCUT2D eigenvalue weighted by molar-refractivity contribution is 0.0972. The lowest BCUT2D eigenvalue weighted by Crippen LogP contribution is -2.23. The van der Waals surface area contributed by atoms with Gasteiger partial charge in [0.1, 0.15) is 17.2 Å². The molecule has 5 nitrogen and oxygen atoms in total. The Labute approximate surface area is 171 Å². The number of carbonyl (C=O) groups is 2. The molecule has 3 N–H and O–H groups in total. The van der Waals surface area contributed by atoms with Gasteiger partial charge >= 0.3 is 0 Å². The minimum Gasteiger partial charge on any atom is -0.506 e. The zero-order valence-corrected chi connectivity index (χ0v) is 17.8. The molecule has 23 heavy (non-hydrogen) atoms. The van der Waals surface area contributed by atoms with Crippen molar-refractivity contribution in [1.29, 1.82) is 0 Å². The Morgan fingerprint density at radius 2 is 1.30 bits per heavy atom. The summed E-state index contributed by atoms with van der Waals surface area (Å²) in [5.74, 6) is -2.08. The largest absolute Gasteiger partial charge is 0.506 e. The van der Waals surface area contributed by atoms with E-state index in [4.69, 9.17) is 0 Å². The predicted octanol–water partition coefficient (Wildman–Crippen LogP) is 3.70. The second-order valence-electron chi connectivity index (χ2n) is 5.01. The van der Waals surface area contributed by atoms with Gasteiger partial charge in [-0.1, -0.05) is 0 Å². The number of fused-ring (bicyclic) bond motifs is 2. The minimum atomic E-state index is -0.627. The molecular weight excluding hydrogens is 641 g/mol. The molecule has 3 rings (SSSR count). The van der Waals surface area contributed by atoms with E-state index >= 15 is 0 Å². The zero-order chi connectivity index (χ0) is 17.2. The molecule has 0 spiro atoms. The van der Waals surface area contributed by atoms with Crippen molar-refractivity contribution in [2.75, 3.05) is 0 Å². The Morgan fingerprint density at radius 3 is 1.91 bits per heavy atom. The van der Waals surface area contributed by atoms with E-state index < -0.39 is 17.3 Å². The molecule has 0 radical (unpaired) electrons. The van der Waals surface area contributed by atoms with Crippen LogP contribution in [-0.2, 0) is 0 Å². The number of rotatable bonds is 0. The summed E-state index contributed by atoms with van der Waals surface area (Å²) in [6, 6.07) is 1.54. The van der Waals surface area contributed by atoms with Crippen LogP contribution in [0, 0.1) is 17.6 Å². The first-order valence-electron chi connectivity index (χ1n) is 6.22. The lowest BCUT2D eigenvalue weighted by Gasteiger charge is -2.23. The highest BCUT2D eigenvalue weighted by molar-refractivity contribution is 14.1. The topological polar surface area (TPSA) is 94.8 Å². The van der Waals surface area contributed by atoms with Gasteiger partial charge in [-0.2, -0.15) is 0 Å². The Kier molecular flexibility index (Phi) is 4.28. The van der Waals surface area contributed by atoms with Gasteiger partial charge in [-0.15, -0.1) is 0 Å². The Morgan fingerprint density at radius 1 is 0.739 bits per heavy atom. The number of aromatic hydroxyl groups is 3.